The van der Waals surface area contributed by atoms with Crippen molar-refractivity contribution in [3.8, 4) is 0 Å². The maximum atomic E-state index is 15.3. The molecule has 2 aliphatic heterocycles. The van der Waals surface area contributed by atoms with Crippen LogP contribution in [0.25, 0.3) is 0 Å². The molecule has 0 aliphatic carbocycles. The Hall–Kier alpha value is -6.70. The van der Waals surface area contributed by atoms with Gasteiger partial charge in [-0.05, 0) is 108 Å². The number of nitrogens with one attached hydrogen (secondary N) is 4. The highest BCUT2D eigenvalue weighted by molar-refractivity contribution is 6.00. The van der Waals surface area contributed by atoms with Gasteiger partial charge in [0.05, 0.1) is 19.3 Å². The lowest BCUT2D eigenvalue weighted by Gasteiger charge is -2.41. The lowest BCUT2D eigenvalue weighted by molar-refractivity contribution is -0.157. The van der Waals surface area contributed by atoms with Crippen LogP contribution in [0.15, 0.2) is 12.2 Å². The van der Waals surface area contributed by atoms with Crippen molar-refractivity contribution >= 4 is 70.9 Å². The lowest BCUT2D eigenvalue weighted by Crippen LogP contribution is -2.64. The maximum Gasteiger partial charge on any atom is 0.246 e. The molecule has 0 unspecified atom stereocenters. The molecule has 2 aliphatic rings. The molecule has 2 heterocycles. The Kier molecular flexibility index (Phi) is 33.8. The summed E-state index contributed by atoms with van der Waals surface area (Å²) in [5.41, 5.74) is 0. The molecule has 0 radical (unpaired) electrons. The van der Waals surface area contributed by atoms with E-state index in [0.717, 1.165) is 9.80 Å². The Morgan fingerprint density at radius 3 is 1.46 bits per heavy atom. The summed E-state index contributed by atoms with van der Waals surface area (Å²) in [5, 5.41) is 23.3. The summed E-state index contributed by atoms with van der Waals surface area (Å²) < 4.78 is 5.45. The van der Waals surface area contributed by atoms with Gasteiger partial charge in [-0.3, -0.25) is 57.5 Å². The first-order chi connectivity index (χ1) is 43.6. The normalized spacial score (nSPS) is 27.5. The number of aliphatic hydroxyl groups is 1. The molecule has 5 N–H and O–H groups in total. The fourth-order valence-electron chi connectivity index (χ4n) is 12.3. The summed E-state index contributed by atoms with van der Waals surface area (Å²) in [6.45, 7) is 30.6. The Bertz CT molecular complexity index is 2630. The van der Waals surface area contributed by atoms with Crippen molar-refractivity contribution in [1.29, 1.82) is 0 Å². The van der Waals surface area contributed by atoms with Gasteiger partial charge < -0.3 is 70.3 Å². The second kappa shape index (κ2) is 38.1. The number of amides is 12. The number of morpholine rings is 1. The van der Waals surface area contributed by atoms with Gasteiger partial charge in [-0.15, -0.1) is 0 Å². The maximum absolute atomic E-state index is 15.3. The molecule has 94 heavy (non-hydrogen) atoms. The first-order valence-electron chi connectivity index (χ1n) is 33.9. The molecule has 0 aromatic heterocycles. The summed E-state index contributed by atoms with van der Waals surface area (Å²) >= 11 is 0. The van der Waals surface area contributed by atoms with Crippen LogP contribution < -0.4 is 21.3 Å². The second-order valence-corrected chi connectivity index (χ2v) is 28.3. The van der Waals surface area contributed by atoms with E-state index in [1.54, 1.807) is 72.4 Å². The summed E-state index contributed by atoms with van der Waals surface area (Å²) in [4.78, 5) is 187. The van der Waals surface area contributed by atoms with Crippen LogP contribution in [0.4, 0.5) is 0 Å². The summed E-state index contributed by atoms with van der Waals surface area (Å²) in [6, 6.07) is -14.3. The number of rotatable bonds is 17. The zero-order valence-corrected chi connectivity index (χ0v) is 61.2. The SMILES string of the molecule is C/C=C/C[C@@H](C)[C@@H](O)[C@H]1C(=O)N[C@@H](CC)C(=O)N(C)[C@H](C)C(=O)N(C)[C@@H]([C@H](C)CCC(=O)N2CCOCC2)C(=O)N[C@@H](C(C)C)C(=O)N(C)[C@@H](CC(C)C)C(=O)N[C@@H](C)C(=O)N[C@H](C)C(=O)N(C)[C@@H](CC(C)C)C(=O)N(C)[C@@H](CC(C)C)C(=O)N(C)[C@@H](C(C)C)C(=O)N1C. The molecule has 0 spiro atoms. The van der Waals surface area contributed by atoms with E-state index in [9.17, 15) is 38.7 Å². The number of ether oxygens (including phenoxy) is 1. The molecule has 26 nitrogen and oxygen atoms in total. The molecule has 0 aromatic carbocycles. The Morgan fingerprint density at radius 2 is 0.968 bits per heavy atom. The number of carbonyl (C=O) groups is 12. The molecule has 2 rings (SSSR count). The summed E-state index contributed by atoms with van der Waals surface area (Å²) in [5.74, 6) is -11.2. The molecule has 26 heteroatoms. The molecular weight excluding hydrogens is 1210 g/mol. The minimum absolute atomic E-state index is 0.00355. The predicted molar refractivity (Wildman–Crippen MR) is 359 cm³/mol. The Balaban J connectivity index is 3.05. The quantitative estimate of drug-likeness (QED) is 0.131. The zero-order chi connectivity index (χ0) is 72.2. The minimum Gasteiger partial charge on any atom is -0.390 e. The van der Waals surface area contributed by atoms with Crippen molar-refractivity contribution in [3.05, 3.63) is 12.2 Å². The second-order valence-electron chi connectivity index (χ2n) is 28.3. The van der Waals surface area contributed by atoms with Crippen LogP contribution in [0.5, 0.6) is 0 Å². The molecule has 14 atom stereocenters. The van der Waals surface area contributed by atoms with Gasteiger partial charge in [-0.25, -0.2) is 0 Å². The van der Waals surface area contributed by atoms with Gasteiger partial charge in [0.15, 0.2) is 0 Å². The van der Waals surface area contributed by atoms with Gasteiger partial charge in [0, 0.05) is 68.8 Å². The average Bonchev–Trinajstić information content (AvgIpc) is 0.812. The van der Waals surface area contributed by atoms with E-state index in [0.29, 0.717) is 26.3 Å². The molecule has 2 fully saturated rings. The third kappa shape index (κ3) is 22.5. The highest BCUT2D eigenvalue weighted by Crippen LogP contribution is 2.27. The summed E-state index contributed by atoms with van der Waals surface area (Å²) in [6.07, 6.45) is 2.80. The third-order valence-corrected chi connectivity index (χ3v) is 18.5. The van der Waals surface area contributed by atoms with Crippen LogP contribution in [0.2, 0.25) is 0 Å². The molecule has 536 valence electrons. The van der Waals surface area contributed by atoms with Crippen molar-refractivity contribution in [3.63, 3.8) is 0 Å². The molecule has 12 amide bonds. The van der Waals surface area contributed by atoms with Crippen molar-refractivity contribution in [2.24, 2.45) is 41.4 Å². The van der Waals surface area contributed by atoms with E-state index >= 15 is 24.0 Å². The van der Waals surface area contributed by atoms with Crippen LogP contribution in [0.3, 0.4) is 0 Å². The summed E-state index contributed by atoms with van der Waals surface area (Å²) in [7, 11) is 9.82. The highest BCUT2D eigenvalue weighted by atomic mass is 16.5. The lowest BCUT2D eigenvalue weighted by atomic mass is 9.91. The molecule has 2 saturated heterocycles. The number of hydrogen-bond donors (Lipinski definition) is 5. The predicted octanol–water partition coefficient (Wildman–Crippen LogP) is 2.89. The van der Waals surface area contributed by atoms with Crippen molar-refractivity contribution in [1.82, 2.24) is 60.5 Å². The number of likely N-dealkylation sites (N-methyl/N-ethyl adjacent to an activating group) is 7. The van der Waals surface area contributed by atoms with Crippen LogP contribution in [-0.4, -0.2) is 263 Å². The van der Waals surface area contributed by atoms with Gasteiger partial charge in [-0.1, -0.05) is 102 Å². The number of hydrogen-bond acceptors (Lipinski definition) is 14. The van der Waals surface area contributed by atoms with E-state index in [-0.39, 0.29) is 68.6 Å². The van der Waals surface area contributed by atoms with Gasteiger partial charge >= 0.3 is 0 Å². The molecule has 0 saturated carbocycles. The van der Waals surface area contributed by atoms with Gasteiger partial charge in [0.25, 0.3) is 0 Å². The number of nitrogens with zero attached hydrogens (tertiary/aromatic N) is 8. The number of allylic oxidation sites excluding steroid dienone is 2. The van der Waals surface area contributed by atoms with Crippen molar-refractivity contribution in [2.45, 2.75) is 235 Å². The molecule has 0 bridgehead atoms. The average molecular weight is 1330 g/mol. The van der Waals surface area contributed by atoms with E-state index in [4.69, 9.17) is 4.74 Å². The zero-order valence-electron chi connectivity index (χ0n) is 61.2. The van der Waals surface area contributed by atoms with Gasteiger partial charge in [-0.2, -0.15) is 0 Å². The standard InChI is InChI=1S/C68H120N12O14/c1-25-27-28-44(14)57(82)56-61(86)71-48(26-2)64(89)73(18)47(17)63(88)78(23)55(43(13)29-30-52(81)80-31-33-94-34-32-80)60(85)72-53(41(9)10)67(92)74(19)49(35-38(3)4)59(84)69-45(15)58(83)70-46(16)62(87)75(20)50(36-39(5)6)65(90)76(21)51(37-40(7)8)66(91)77(22)54(42(11)12)68(93)79(56)24/h25,27,38-51,53-57,82H,26,28-37H2,1-24H3,(H,69,84)(H,70,83)(H,71,86)(H,72,85)/b27-25+/t43-,44-,45+,46-,47-,48+,49+,50+,51+,53+,54+,55+,56+,57-/m1/s1. The first-order valence-corrected chi connectivity index (χ1v) is 33.9. The van der Waals surface area contributed by atoms with Gasteiger partial charge in [0.1, 0.15) is 66.5 Å². The van der Waals surface area contributed by atoms with Gasteiger partial charge in [0.2, 0.25) is 70.9 Å². The Morgan fingerprint density at radius 1 is 0.511 bits per heavy atom. The number of carbonyl (C=O) groups excluding carboxylic acids is 12. The van der Waals surface area contributed by atoms with E-state index in [1.165, 1.54) is 94.6 Å². The highest BCUT2D eigenvalue weighted by Gasteiger charge is 2.46. The van der Waals surface area contributed by atoms with Crippen molar-refractivity contribution < 1.29 is 67.4 Å². The van der Waals surface area contributed by atoms with Crippen LogP contribution >= 0.6 is 0 Å². The first kappa shape index (κ1) is 83.4. The van der Waals surface area contributed by atoms with Crippen LogP contribution in [0.1, 0.15) is 163 Å². The molecule has 0 aromatic rings. The largest absolute Gasteiger partial charge is 0.390 e. The van der Waals surface area contributed by atoms with Crippen LogP contribution in [0, 0.1) is 41.4 Å². The minimum atomic E-state index is -1.65. The number of aliphatic hydroxyl groups excluding tert-OH is 1. The topological polar surface area (TPSA) is 308 Å². The van der Waals surface area contributed by atoms with E-state index in [1.807, 2.05) is 41.5 Å². The fourth-order valence-corrected chi connectivity index (χ4v) is 12.3. The van der Waals surface area contributed by atoms with E-state index < -0.39 is 161 Å². The smallest absolute Gasteiger partial charge is 0.246 e. The van der Waals surface area contributed by atoms with Crippen LogP contribution in [-0.2, 0) is 62.3 Å². The molecular formula is C68H120N12O14. The van der Waals surface area contributed by atoms with Crippen molar-refractivity contribution in [2.75, 3.05) is 75.6 Å². The monoisotopic (exact) mass is 1330 g/mol. The third-order valence-electron chi connectivity index (χ3n) is 18.5. The Labute approximate surface area is 561 Å². The van der Waals surface area contributed by atoms with E-state index in [2.05, 4.69) is 21.3 Å². The fraction of sp³-hybridized carbons (Fsp3) is 0.794.